The van der Waals surface area contributed by atoms with Crippen LogP contribution in [0.25, 0.3) is 0 Å². The fourth-order valence-corrected chi connectivity index (χ4v) is 2.59. The molecule has 0 saturated heterocycles. The average Bonchev–Trinajstić information content (AvgIpc) is 2.43. The van der Waals surface area contributed by atoms with Crippen LogP contribution in [-0.4, -0.2) is 29.8 Å². The molecule has 0 fully saturated rings. The van der Waals surface area contributed by atoms with E-state index in [1.54, 1.807) is 7.11 Å². The zero-order valence-corrected chi connectivity index (χ0v) is 13.4. The quantitative estimate of drug-likeness (QED) is 0.768. The zero-order chi connectivity index (χ0) is 15.1. The molecule has 0 amide bonds. The fourth-order valence-electron chi connectivity index (χ4n) is 2.59. The molecule has 1 heterocycles. The Kier molecular flexibility index (Phi) is 6.96. The number of rotatable bonds is 8. The lowest BCUT2D eigenvalue weighted by Crippen LogP contribution is -2.32. The molecule has 1 rings (SSSR count). The molecule has 2 N–H and O–H groups in total. The molecule has 1 atom stereocenters. The van der Waals surface area contributed by atoms with E-state index in [0.29, 0.717) is 19.0 Å². The van der Waals surface area contributed by atoms with E-state index in [2.05, 4.69) is 24.1 Å². The number of aromatic nitrogens is 1. The van der Waals surface area contributed by atoms with Crippen molar-refractivity contribution >= 4 is 0 Å². The van der Waals surface area contributed by atoms with Gasteiger partial charge in [0.25, 0.3) is 0 Å². The molecule has 0 bridgehead atoms. The molecular weight excluding hydrogens is 252 g/mol. The van der Waals surface area contributed by atoms with Crippen molar-refractivity contribution in [3.63, 3.8) is 0 Å². The predicted molar refractivity (Wildman–Crippen MR) is 82.0 cm³/mol. The van der Waals surface area contributed by atoms with Gasteiger partial charge in [-0.1, -0.05) is 26.7 Å². The number of aryl methyl sites for hydroxylation is 1. The largest absolute Gasteiger partial charge is 0.496 e. The van der Waals surface area contributed by atoms with E-state index in [1.165, 1.54) is 0 Å². The van der Waals surface area contributed by atoms with Gasteiger partial charge in [0.1, 0.15) is 5.75 Å². The third-order valence-electron chi connectivity index (χ3n) is 3.99. The van der Waals surface area contributed by atoms with E-state index in [1.807, 2.05) is 20.0 Å². The van der Waals surface area contributed by atoms with Crippen LogP contribution in [0.5, 0.6) is 5.75 Å². The van der Waals surface area contributed by atoms with Crippen LogP contribution in [0.1, 0.15) is 43.5 Å². The van der Waals surface area contributed by atoms with Crippen LogP contribution in [0.4, 0.5) is 0 Å². The minimum Gasteiger partial charge on any atom is -0.496 e. The van der Waals surface area contributed by atoms with Crippen molar-refractivity contribution in [1.82, 2.24) is 10.3 Å². The molecule has 114 valence electrons. The van der Waals surface area contributed by atoms with Gasteiger partial charge in [0, 0.05) is 30.4 Å². The molecule has 0 aromatic carbocycles. The number of ether oxygens (including phenoxy) is 1. The minimum absolute atomic E-state index is 0.294. The molecule has 0 aliphatic heterocycles. The van der Waals surface area contributed by atoms with Gasteiger partial charge in [0.2, 0.25) is 0 Å². The molecular formula is C16H28N2O2. The molecule has 1 aromatic rings. The number of nitrogens with one attached hydrogen (secondary N) is 1. The SMILES string of the molecule is CCC(CC)C(O)CNCc1ncc(C)c(OC)c1C. The van der Waals surface area contributed by atoms with Gasteiger partial charge in [-0.3, -0.25) is 4.98 Å². The minimum atomic E-state index is -0.294. The highest BCUT2D eigenvalue weighted by molar-refractivity contribution is 5.40. The average molecular weight is 280 g/mol. The van der Waals surface area contributed by atoms with Gasteiger partial charge >= 0.3 is 0 Å². The molecule has 0 radical (unpaired) electrons. The topological polar surface area (TPSA) is 54.4 Å². The Morgan fingerprint density at radius 1 is 1.30 bits per heavy atom. The van der Waals surface area contributed by atoms with Crippen molar-refractivity contribution in [2.45, 2.75) is 53.2 Å². The summed E-state index contributed by atoms with van der Waals surface area (Å²) in [4.78, 5) is 4.44. The summed E-state index contributed by atoms with van der Waals surface area (Å²) >= 11 is 0. The summed E-state index contributed by atoms with van der Waals surface area (Å²) in [5.41, 5.74) is 3.09. The number of hydrogen-bond acceptors (Lipinski definition) is 4. The molecule has 4 heteroatoms. The number of aliphatic hydroxyl groups is 1. The Morgan fingerprint density at radius 2 is 1.95 bits per heavy atom. The van der Waals surface area contributed by atoms with Gasteiger partial charge in [-0.2, -0.15) is 0 Å². The van der Waals surface area contributed by atoms with Crippen molar-refractivity contribution < 1.29 is 9.84 Å². The normalized spacial score (nSPS) is 12.8. The van der Waals surface area contributed by atoms with Gasteiger partial charge in [0.05, 0.1) is 18.9 Å². The third-order valence-corrected chi connectivity index (χ3v) is 3.99. The molecule has 4 nitrogen and oxygen atoms in total. The Bertz CT molecular complexity index is 417. The van der Waals surface area contributed by atoms with Crippen molar-refractivity contribution in [3.05, 3.63) is 23.0 Å². The molecule has 0 spiro atoms. The highest BCUT2D eigenvalue weighted by Crippen LogP contribution is 2.23. The Labute approximate surface area is 122 Å². The lowest BCUT2D eigenvalue weighted by atomic mass is 9.96. The molecule has 0 saturated carbocycles. The number of hydrogen-bond donors (Lipinski definition) is 2. The van der Waals surface area contributed by atoms with E-state index in [9.17, 15) is 5.11 Å². The van der Waals surface area contributed by atoms with Crippen LogP contribution in [0.2, 0.25) is 0 Å². The summed E-state index contributed by atoms with van der Waals surface area (Å²) in [6, 6.07) is 0. The van der Waals surface area contributed by atoms with E-state index in [-0.39, 0.29) is 6.10 Å². The lowest BCUT2D eigenvalue weighted by Gasteiger charge is -2.20. The van der Waals surface area contributed by atoms with Crippen molar-refractivity contribution in [2.75, 3.05) is 13.7 Å². The van der Waals surface area contributed by atoms with Crippen LogP contribution in [0.3, 0.4) is 0 Å². The van der Waals surface area contributed by atoms with Crippen LogP contribution in [-0.2, 0) is 6.54 Å². The van der Waals surface area contributed by atoms with Crippen LogP contribution in [0, 0.1) is 19.8 Å². The highest BCUT2D eigenvalue weighted by Gasteiger charge is 2.15. The van der Waals surface area contributed by atoms with E-state index in [4.69, 9.17) is 4.74 Å². The summed E-state index contributed by atoms with van der Waals surface area (Å²) in [6.07, 6.45) is 3.56. The number of pyridine rings is 1. The van der Waals surface area contributed by atoms with Gasteiger partial charge in [-0.05, 0) is 19.8 Å². The van der Waals surface area contributed by atoms with Gasteiger partial charge < -0.3 is 15.2 Å². The van der Waals surface area contributed by atoms with E-state index < -0.39 is 0 Å². The highest BCUT2D eigenvalue weighted by atomic mass is 16.5. The number of aliphatic hydroxyl groups excluding tert-OH is 1. The Hall–Kier alpha value is -1.13. The standard InChI is InChI=1S/C16H28N2O2/c1-6-13(7-2)15(19)10-17-9-14-12(4)16(20-5)11(3)8-18-14/h8,13,15,17,19H,6-7,9-10H2,1-5H3. The summed E-state index contributed by atoms with van der Waals surface area (Å²) < 4.78 is 5.40. The van der Waals surface area contributed by atoms with Crippen LogP contribution in [0.15, 0.2) is 6.20 Å². The maximum atomic E-state index is 10.1. The van der Waals surface area contributed by atoms with Gasteiger partial charge in [0.15, 0.2) is 0 Å². The van der Waals surface area contributed by atoms with Crippen molar-refractivity contribution in [3.8, 4) is 5.75 Å². The molecule has 1 aromatic heterocycles. The smallest absolute Gasteiger partial charge is 0.128 e. The fraction of sp³-hybridized carbons (Fsp3) is 0.688. The second-order valence-corrected chi connectivity index (χ2v) is 5.32. The summed E-state index contributed by atoms with van der Waals surface area (Å²) in [5, 5.41) is 13.4. The summed E-state index contributed by atoms with van der Waals surface area (Å²) in [5.74, 6) is 1.27. The second kappa shape index (κ2) is 8.22. The lowest BCUT2D eigenvalue weighted by molar-refractivity contribution is 0.101. The second-order valence-electron chi connectivity index (χ2n) is 5.32. The number of methoxy groups -OCH3 is 1. The first-order chi connectivity index (χ1) is 9.54. The molecule has 0 aliphatic carbocycles. The van der Waals surface area contributed by atoms with Gasteiger partial charge in [-0.15, -0.1) is 0 Å². The van der Waals surface area contributed by atoms with Crippen molar-refractivity contribution in [1.29, 1.82) is 0 Å². The first-order valence-corrected chi connectivity index (χ1v) is 7.42. The van der Waals surface area contributed by atoms with Crippen LogP contribution >= 0.6 is 0 Å². The predicted octanol–water partition coefficient (Wildman–Crippen LogP) is 2.59. The summed E-state index contributed by atoms with van der Waals surface area (Å²) in [7, 11) is 1.68. The maximum Gasteiger partial charge on any atom is 0.128 e. The Balaban J connectivity index is 2.58. The molecule has 20 heavy (non-hydrogen) atoms. The molecule has 1 unspecified atom stereocenters. The number of nitrogens with zero attached hydrogens (tertiary/aromatic N) is 1. The van der Waals surface area contributed by atoms with E-state index >= 15 is 0 Å². The summed E-state index contributed by atoms with van der Waals surface area (Å²) in [6.45, 7) is 9.51. The maximum absolute atomic E-state index is 10.1. The van der Waals surface area contributed by atoms with Crippen molar-refractivity contribution in [2.24, 2.45) is 5.92 Å². The monoisotopic (exact) mass is 280 g/mol. The van der Waals surface area contributed by atoms with Crippen LogP contribution < -0.4 is 10.1 Å². The third kappa shape index (κ3) is 4.18. The first-order valence-electron chi connectivity index (χ1n) is 7.42. The first kappa shape index (κ1) is 16.9. The van der Waals surface area contributed by atoms with Gasteiger partial charge in [-0.25, -0.2) is 0 Å². The zero-order valence-electron chi connectivity index (χ0n) is 13.4. The Morgan fingerprint density at radius 3 is 2.50 bits per heavy atom. The molecule has 0 aliphatic rings. The van der Waals surface area contributed by atoms with E-state index in [0.717, 1.165) is 35.4 Å².